The van der Waals surface area contributed by atoms with Crippen LogP contribution in [0.4, 0.5) is 4.39 Å². The first kappa shape index (κ1) is 10.1. The van der Waals surface area contributed by atoms with Crippen molar-refractivity contribution in [3.05, 3.63) is 23.8 Å². The van der Waals surface area contributed by atoms with E-state index in [-0.39, 0.29) is 5.46 Å². The van der Waals surface area contributed by atoms with Crippen LogP contribution in [0.15, 0.2) is 12.1 Å². The van der Waals surface area contributed by atoms with Crippen molar-refractivity contribution in [2.45, 2.75) is 19.8 Å². The molecule has 0 bridgehead atoms. The lowest BCUT2D eigenvalue weighted by molar-refractivity contribution is 0.425. The van der Waals surface area contributed by atoms with Gasteiger partial charge in [-0.2, -0.15) is 4.39 Å². The first-order chi connectivity index (χ1) is 6.13. The van der Waals surface area contributed by atoms with Crippen molar-refractivity contribution in [1.82, 2.24) is 4.98 Å². The molecule has 0 unspecified atom stereocenters. The standard InChI is InChI=1S/C8H11BFNO2/c1-2-3-7-4-6(9(12)13)5-8(10)11-7/h4-5,12-13H,2-3H2,1H3. The van der Waals surface area contributed by atoms with Gasteiger partial charge in [0, 0.05) is 5.69 Å². The second-order valence-electron chi connectivity index (χ2n) is 2.84. The summed E-state index contributed by atoms with van der Waals surface area (Å²) in [6.07, 6.45) is 1.48. The van der Waals surface area contributed by atoms with Gasteiger partial charge in [0.05, 0.1) is 0 Å². The molecular weight excluding hydrogens is 172 g/mol. The third kappa shape index (κ3) is 2.79. The maximum atomic E-state index is 12.8. The third-order valence-electron chi connectivity index (χ3n) is 1.67. The van der Waals surface area contributed by atoms with Gasteiger partial charge in [0.1, 0.15) is 0 Å². The lowest BCUT2D eigenvalue weighted by Gasteiger charge is -2.02. The summed E-state index contributed by atoms with van der Waals surface area (Å²) in [5.41, 5.74) is 0.696. The van der Waals surface area contributed by atoms with E-state index in [0.29, 0.717) is 12.1 Å². The third-order valence-corrected chi connectivity index (χ3v) is 1.67. The first-order valence-corrected chi connectivity index (χ1v) is 4.16. The summed E-state index contributed by atoms with van der Waals surface area (Å²) in [6.45, 7) is 1.95. The molecule has 0 saturated heterocycles. The van der Waals surface area contributed by atoms with Crippen molar-refractivity contribution in [2.24, 2.45) is 0 Å². The van der Waals surface area contributed by atoms with Crippen molar-refractivity contribution in [2.75, 3.05) is 0 Å². The first-order valence-electron chi connectivity index (χ1n) is 4.16. The van der Waals surface area contributed by atoms with E-state index in [1.165, 1.54) is 6.07 Å². The maximum Gasteiger partial charge on any atom is 0.488 e. The molecule has 0 amide bonds. The predicted molar refractivity (Wildman–Crippen MR) is 48.0 cm³/mol. The van der Waals surface area contributed by atoms with Crippen LogP contribution < -0.4 is 5.46 Å². The summed E-state index contributed by atoms with van der Waals surface area (Å²) in [5.74, 6) is -0.672. The molecule has 1 rings (SSSR count). The van der Waals surface area contributed by atoms with Gasteiger partial charge in [0.25, 0.3) is 0 Å². The SMILES string of the molecule is CCCc1cc(B(O)O)cc(F)n1. The van der Waals surface area contributed by atoms with Gasteiger partial charge in [-0.25, -0.2) is 4.98 Å². The van der Waals surface area contributed by atoms with Crippen molar-refractivity contribution < 1.29 is 14.4 Å². The smallest absolute Gasteiger partial charge is 0.423 e. The largest absolute Gasteiger partial charge is 0.488 e. The Kier molecular flexibility index (Phi) is 3.39. The van der Waals surface area contributed by atoms with Crippen LogP contribution in [0, 0.1) is 5.95 Å². The molecule has 13 heavy (non-hydrogen) atoms. The Labute approximate surface area is 76.4 Å². The number of aromatic nitrogens is 1. The zero-order valence-electron chi connectivity index (χ0n) is 7.37. The molecule has 5 heteroatoms. The molecule has 0 aromatic carbocycles. The second kappa shape index (κ2) is 4.34. The van der Waals surface area contributed by atoms with Gasteiger partial charge < -0.3 is 10.0 Å². The fraction of sp³-hybridized carbons (Fsp3) is 0.375. The van der Waals surface area contributed by atoms with E-state index in [1.807, 2.05) is 6.92 Å². The quantitative estimate of drug-likeness (QED) is 0.506. The van der Waals surface area contributed by atoms with Crippen LogP contribution in [-0.2, 0) is 6.42 Å². The summed E-state index contributed by atoms with van der Waals surface area (Å²) in [6, 6.07) is 2.51. The van der Waals surface area contributed by atoms with E-state index in [1.54, 1.807) is 0 Å². The zero-order valence-corrected chi connectivity index (χ0v) is 7.37. The van der Waals surface area contributed by atoms with E-state index in [2.05, 4.69) is 4.98 Å². The second-order valence-corrected chi connectivity index (χ2v) is 2.84. The highest BCUT2D eigenvalue weighted by Crippen LogP contribution is 1.99. The zero-order chi connectivity index (χ0) is 9.84. The molecule has 0 aliphatic carbocycles. The molecule has 1 aromatic heterocycles. The van der Waals surface area contributed by atoms with E-state index in [9.17, 15) is 4.39 Å². The van der Waals surface area contributed by atoms with E-state index >= 15 is 0 Å². The van der Waals surface area contributed by atoms with Crippen LogP contribution >= 0.6 is 0 Å². The van der Waals surface area contributed by atoms with Crippen LogP contribution in [0.1, 0.15) is 19.0 Å². The van der Waals surface area contributed by atoms with Crippen LogP contribution in [0.3, 0.4) is 0 Å². The molecule has 0 aliphatic heterocycles. The number of hydrogen-bond donors (Lipinski definition) is 2. The Bertz CT molecular complexity index is 293. The van der Waals surface area contributed by atoms with Crippen molar-refractivity contribution in [1.29, 1.82) is 0 Å². The van der Waals surface area contributed by atoms with Gasteiger partial charge >= 0.3 is 7.12 Å². The Morgan fingerprint density at radius 1 is 1.46 bits per heavy atom. The van der Waals surface area contributed by atoms with Gasteiger partial charge in [-0.15, -0.1) is 0 Å². The van der Waals surface area contributed by atoms with Crippen LogP contribution in [-0.4, -0.2) is 22.2 Å². The Morgan fingerprint density at radius 2 is 2.15 bits per heavy atom. The molecule has 0 fully saturated rings. The van der Waals surface area contributed by atoms with Gasteiger partial charge in [-0.3, -0.25) is 0 Å². The molecule has 0 aliphatic rings. The molecule has 0 radical (unpaired) electrons. The number of hydrogen-bond acceptors (Lipinski definition) is 3. The highest BCUT2D eigenvalue weighted by molar-refractivity contribution is 6.58. The fourth-order valence-electron chi connectivity index (χ4n) is 1.11. The van der Waals surface area contributed by atoms with Crippen LogP contribution in [0.5, 0.6) is 0 Å². The van der Waals surface area contributed by atoms with Crippen molar-refractivity contribution in [3.8, 4) is 0 Å². The number of rotatable bonds is 3. The van der Waals surface area contributed by atoms with Crippen LogP contribution in [0.2, 0.25) is 0 Å². The van der Waals surface area contributed by atoms with Gasteiger partial charge in [-0.1, -0.05) is 13.3 Å². The van der Waals surface area contributed by atoms with E-state index in [0.717, 1.165) is 12.5 Å². The molecule has 3 nitrogen and oxygen atoms in total. The fourth-order valence-corrected chi connectivity index (χ4v) is 1.11. The molecule has 1 aromatic rings. The van der Waals surface area contributed by atoms with Gasteiger partial charge in [0.2, 0.25) is 5.95 Å². The van der Waals surface area contributed by atoms with Gasteiger partial charge in [-0.05, 0) is 24.0 Å². The molecule has 70 valence electrons. The van der Waals surface area contributed by atoms with Crippen molar-refractivity contribution >= 4 is 12.6 Å². The summed E-state index contributed by atoms with van der Waals surface area (Å²) in [5, 5.41) is 17.6. The average molecular weight is 183 g/mol. The van der Waals surface area contributed by atoms with Gasteiger partial charge in [0.15, 0.2) is 0 Å². The number of aryl methyl sites for hydroxylation is 1. The van der Waals surface area contributed by atoms with Crippen LogP contribution in [0.25, 0.3) is 0 Å². The highest BCUT2D eigenvalue weighted by Gasteiger charge is 2.13. The highest BCUT2D eigenvalue weighted by atomic mass is 19.1. The topological polar surface area (TPSA) is 53.4 Å². The van der Waals surface area contributed by atoms with E-state index in [4.69, 9.17) is 10.0 Å². The molecule has 2 N–H and O–H groups in total. The Morgan fingerprint density at radius 3 is 2.69 bits per heavy atom. The molecular formula is C8H11BFNO2. The molecule has 0 saturated carbocycles. The normalized spacial score (nSPS) is 10.2. The van der Waals surface area contributed by atoms with Crippen molar-refractivity contribution in [3.63, 3.8) is 0 Å². The van der Waals surface area contributed by atoms with E-state index < -0.39 is 13.1 Å². The molecule has 1 heterocycles. The molecule has 0 spiro atoms. The summed E-state index contributed by atoms with van der Waals surface area (Å²) in [4.78, 5) is 3.62. The predicted octanol–water partition coefficient (Wildman–Crippen LogP) is -0.147. The number of nitrogens with zero attached hydrogens (tertiary/aromatic N) is 1. The monoisotopic (exact) mass is 183 g/mol. The minimum atomic E-state index is -1.63. The summed E-state index contributed by atoms with van der Waals surface area (Å²) >= 11 is 0. The summed E-state index contributed by atoms with van der Waals surface area (Å²) < 4.78 is 12.8. The number of pyridine rings is 1. The minimum absolute atomic E-state index is 0.149. The summed E-state index contributed by atoms with van der Waals surface area (Å²) in [7, 11) is -1.63. The average Bonchev–Trinajstić information content (AvgIpc) is 2.03. The number of halogens is 1. The minimum Gasteiger partial charge on any atom is -0.423 e. The lowest BCUT2D eigenvalue weighted by Crippen LogP contribution is -2.31. The Balaban J connectivity index is 2.96. The maximum absolute atomic E-state index is 12.8. The molecule has 0 atom stereocenters. The Hall–Kier alpha value is -0.935. The lowest BCUT2D eigenvalue weighted by atomic mass is 9.80.